The molecule has 0 saturated carbocycles. The molecule has 1 heterocycles. The SMILES string of the molecule is COc1ccc(CCC(=O)Nc2ccn(Cc3ccccc3Cl)n2)cc1. The molecule has 0 atom stereocenters. The van der Waals surface area contributed by atoms with Crippen LogP contribution in [0.3, 0.4) is 0 Å². The Labute approximate surface area is 157 Å². The number of halogens is 1. The van der Waals surface area contributed by atoms with Crippen LogP contribution >= 0.6 is 11.6 Å². The van der Waals surface area contributed by atoms with Gasteiger partial charge >= 0.3 is 0 Å². The summed E-state index contributed by atoms with van der Waals surface area (Å²) in [5.41, 5.74) is 2.07. The van der Waals surface area contributed by atoms with Crippen molar-refractivity contribution in [2.24, 2.45) is 0 Å². The van der Waals surface area contributed by atoms with Crippen molar-refractivity contribution in [3.8, 4) is 5.75 Å². The van der Waals surface area contributed by atoms with Gasteiger partial charge in [0, 0.05) is 23.7 Å². The van der Waals surface area contributed by atoms with Crippen molar-refractivity contribution in [2.75, 3.05) is 12.4 Å². The number of ether oxygens (including phenoxy) is 1. The smallest absolute Gasteiger partial charge is 0.225 e. The maximum absolute atomic E-state index is 12.1. The van der Waals surface area contributed by atoms with Crippen LogP contribution in [0.25, 0.3) is 0 Å². The highest BCUT2D eigenvalue weighted by atomic mass is 35.5. The largest absolute Gasteiger partial charge is 0.497 e. The number of methoxy groups -OCH3 is 1. The summed E-state index contributed by atoms with van der Waals surface area (Å²) >= 11 is 6.17. The predicted molar refractivity (Wildman–Crippen MR) is 103 cm³/mol. The fourth-order valence-corrected chi connectivity index (χ4v) is 2.77. The highest BCUT2D eigenvalue weighted by molar-refractivity contribution is 6.31. The first-order chi connectivity index (χ1) is 12.6. The van der Waals surface area contributed by atoms with Gasteiger partial charge in [0.15, 0.2) is 5.82 Å². The Bertz CT molecular complexity index is 875. The van der Waals surface area contributed by atoms with Gasteiger partial charge in [-0.15, -0.1) is 0 Å². The molecule has 0 aliphatic rings. The lowest BCUT2D eigenvalue weighted by Crippen LogP contribution is -2.13. The second-order valence-corrected chi connectivity index (χ2v) is 6.29. The van der Waals surface area contributed by atoms with E-state index in [0.717, 1.165) is 16.9 Å². The average Bonchev–Trinajstić information content (AvgIpc) is 3.09. The van der Waals surface area contributed by atoms with E-state index < -0.39 is 0 Å². The molecule has 26 heavy (non-hydrogen) atoms. The molecule has 1 N–H and O–H groups in total. The molecule has 2 aromatic carbocycles. The highest BCUT2D eigenvalue weighted by Crippen LogP contribution is 2.17. The lowest BCUT2D eigenvalue weighted by atomic mass is 10.1. The number of amides is 1. The van der Waals surface area contributed by atoms with Gasteiger partial charge in [-0.05, 0) is 35.7 Å². The monoisotopic (exact) mass is 369 g/mol. The van der Waals surface area contributed by atoms with Crippen molar-refractivity contribution in [3.05, 3.63) is 76.9 Å². The van der Waals surface area contributed by atoms with Gasteiger partial charge in [-0.1, -0.05) is 41.9 Å². The van der Waals surface area contributed by atoms with E-state index in [4.69, 9.17) is 16.3 Å². The summed E-state index contributed by atoms with van der Waals surface area (Å²) in [6.07, 6.45) is 2.88. The van der Waals surface area contributed by atoms with Gasteiger partial charge in [0.1, 0.15) is 5.75 Å². The summed E-state index contributed by atoms with van der Waals surface area (Å²) in [4.78, 5) is 12.1. The molecule has 3 aromatic rings. The van der Waals surface area contributed by atoms with Crippen molar-refractivity contribution in [1.29, 1.82) is 0 Å². The fourth-order valence-electron chi connectivity index (χ4n) is 2.57. The Morgan fingerprint density at radius 2 is 1.92 bits per heavy atom. The number of rotatable bonds is 7. The lowest BCUT2D eigenvalue weighted by Gasteiger charge is -2.05. The van der Waals surface area contributed by atoms with Crippen LogP contribution in [0.1, 0.15) is 17.5 Å². The summed E-state index contributed by atoms with van der Waals surface area (Å²) < 4.78 is 6.88. The molecule has 0 spiro atoms. The zero-order valence-electron chi connectivity index (χ0n) is 14.5. The predicted octanol–water partition coefficient (Wildman–Crippen LogP) is 4.16. The number of carbonyl (C=O) groups excluding carboxylic acids is 1. The minimum atomic E-state index is -0.0659. The zero-order chi connectivity index (χ0) is 18.4. The van der Waals surface area contributed by atoms with E-state index in [1.54, 1.807) is 17.9 Å². The molecule has 1 aromatic heterocycles. The average molecular weight is 370 g/mol. The van der Waals surface area contributed by atoms with Crippen LogP contribution < -0.4 is 10.1 Å². The molecule has 134 valence electrons. The molecule has 3 rings (SSSR count). The molecular weight excluding hydrogens is 350 g/mol. The second kappa shape index (κ2) is 8.54. The molecule has 6 heteroatoms. The van der Waals surface area contributed by atoms with E-state index in [1.807, 2.05) is 54.7 Å². The Morgan fingerprint density at radius 3 is 2.65 bits per heavy atom. The van der Waals surface area contributed by atoms with E-state index in [-0.39, 0.29) is 5.91 Å². The van der Waals surface area contributed by atoms with E-state index in [1.165, 1.54) is 0 Å². The standard InChI is InChI=1S/C20H20ClN3O2/c1-26-17-9-6-15(7-10-17)8-11-20(25)22-19-12-13-24(23-19)14-16-4-2-3-5-18(16)21/h2-7,9-10,12-13H,8,11,14H2,1H3,(H,22,23,25). The fraction of sp³-hybridized carbons (Fsp3) is 0.200. The van der Waals surface area contributed by atoms with Gasteiger partial charge in [-0.25, -0.2) is 0 Å². The number of hydrogen-bond donors (Lipinski definition) is 1. The van der Waals surface area contributed by atoms with Crippen LogP contribution in [-0.4, -0.2) is 22.8 Å². The summed E-state index contributed by atoms with van der Waals surface area (Å²) in [6, 6.07) is 17.1. The number of aromatic nitrogens is 2. The van der Waals surface area contributed by atoms with Crippen LogP contribution in [0, 0.1) is 0 Å². The summed E-state index contributed by atoms with van der Waals surface area (Å²) in [5, 5.41) is 7.90. The second-order valence-electron chi connectivity index (χ2n) is 5.89. The van der Waals surface area contributed by atoms with Gasteiger partial charge in [0.2, 0.25) is 5.91 Å². The molecule has 0 saturated heterocycles. The molecule has 0 unspecified atom stereocenters. The van der Waals surface area contributed by atoms with Crippen LogP contribution in [0.2, 0.25) is 5.02 Å². The van der Waals surface area contributed by atoms with E-state index >= 15 is 0 Å². The van der Waals surface area contributed by atoms with Crippen molar-refractivity contribution in [3.63, 3.8) is 0 Å². The minimum Gasteiger partial charge on any atom is -0.497 e. The zero-order valence-corrected chi connectivity index (χ0v) is 15.2. The van der Waals surface area contributed by atoms with Crippen LogP contribution in [0.15, 0.2) is 60.8 Å². The van der Waals surface area contributed by atoms with Crippen LogP contribution in [0.5, 0.6) is 5.75 Å². The van der Waals surface area contributed by atoms with Crippen molar-refractivity contribution in [2.45, 2.75) is 19.4 Å². The molecule has 0 radical (unpaired) electrons. The molecule has 1 amide bonds. The van der Waals surface area contributed by atoms with E-state index in [0.29, 0.717) is 30.2 Å². The number of benzene rings is 2. The molecule has 0 aliphatic heterocycles. The molecule has 0 aliphatic carbocycles. The first-order valence-electron chi connectivity index (χ1n) is 8.33. The molecule has 0 fully saturated rings. The first kappa shape index (κ1) is 18.0. The number of nitrogens with one attached hydrogen (secondary N) is 1. The first-order valence-corrected chi connectivity index (χ1v) is 8.71. The number of hydrogen-bond acceptors (Lipinski definition) is 3. The Balaban J connectivity index is 1.51. The van der Waals surface area contributed by atoms with Gasteiger partial charge < -0.3 is 10.1 Å². The van der Waals surface area contributed by atoms with Gasteiger partial charge in [-0.2, -0.15) is 5.10 Å². The Hall–Kier alpha value is -2.79. The van der Waals surface area contributed by atoms with Crippen molar-refractivity contribution < 1.29 is 9.53 Å². The number of aryl methyl sites for hydroxylation is 1. The molecular formula is C20H20ClN3O2. The highest BCUT2D eigenvalue weighted by Gasteiger charge is 2.07. The number of nitrogens with zero attached hydrogens (tertiary/aromatic N) is 2. The van der Waals surface area contributed by atoms with Crippen molar-refractivity contribution >= 4 is 23.3 Å². The minimum absolute atomic E-state index is 0.0659. The van der Waals surface area contributed by atoms with Crippen LogP contribution in [-0.2, 0) is 17.8 Å². The summed E-state index contributed by atoms with van der Waals surface area (Å²) in [5.74, 6) is 1.28. The lowest BCUT2D eigenvalue weighted by molar-refractivity contribution is -0.116. The molecule has 0 bridgehead atoms. The van der Waals surface area contributed by atoms with Crippen LogP contribution in [0.4, 0.5) is 5.82 Å². The Morgan fingerprint density at radius 1 is 1.15 bits per heavy atom. The topological polar surface area (TPSA) is 56.1 Å². The van der Waals surface area contributed by atoms with Gasteiger partial charge in [0.25, 0.3) is 0 Å². The summed E-state index contributed by atoms with van der Waals surface area (Å²) in [7, 11) is 1.63. The van der Waals surface area contributed by atoms with Crippen molar-refractivity contribution in [1.82, 2.24) is 9.78 Å². The van der Waals surface area contributed by atoms with E-state index in [2.05, 4.69) is 10.4 Å². The third kappa shape index (κ3) is 4.86. The maximum atomic E-state index is 12.1. The van der Waals surface area contributed by atoms with Gasteiger partial charge in [0.05, 0.1) is 13.7 Å². The quantitative estimate of drug-likeness (QED) is 0.680. The van der Waals surface area contributed by atoms with E-state index in [9.17, 15) is 4.79 Å². The summed E-state index contributed by atoms with van der Waals surface area (Å²) in [6.45, 7) is 0.557. The number of anilines is 1. The normalized spacial score (nSPS) is 10.5. The number of carbonyl (C=O) groups is 1. The third-order valence-electron chi connectivity index (χ3n) is 4.00. The Kier molecular flexibility index (Phi) is 5.92. The third-order valence-corrected chi connectivity index (χ3v) is 4.37. The maximum Gasteiger partial charge on any atom is 0.225 e. The molecule has 5 nitrogen and oxygen atoms in total. The van der Waals surface area contributed by atoms with Gasteiger partial charge in [-0.3, -0.25) is 9.48 Å².